The first-order chi connectivity index (χ1) is 14.5. The van der Waals surface area contributed by atoms with Gasteiger partial charge in [-0.3, -0.25) is 4.98 Å². The summed E-state index contributed by atoms with van der Waals surface area (Å²) in [4.78, 5) is 4.39. The van der Waals surface area contributed by atoms with E-state index in [1.165, 1.54) is 6.20 Å². The smallest absolute Gasteiger partial charge is 0.0809 e. The maximum absolute atomic E-state index is 9.36. The van der Waals surface area contributed by atoms with Crippen LogP contribution >= 0.6 is 116 Å². The van der Waals surface area contributed by atoms with E-state index in [2.05, 4.69) is 11.1 Å². The summed E-state index contributed by atoms with van der Waals surface area (Å²) >= 11 is 62.3. The van der Waals surface area contributed by atoms with Gasteiger partial charge < -0.3 is 0 Å². The summed E-state index contributed by atoms with van der Waals surface area (Å²) in [6.07, 6.45) is 1.39. The van der Waals surface area contributed by atoms with Crippen molar-refractivity contribution in [3.8, 4) is 28.5 Å². The molecule has 0 aliphatic carbocycles. The average Bonchev–Trinajstić information content (AvgIpc) is 2.75. The fraction of sp³-hybridized carbons (Fsp3) is 0.0526. The highest BCUT2D eigenvalue weighted by molar-refractivity contribution is 6.57. The van der Waals surface area contributed by atoms with Gasteiger partial charge in [-0.15, -0.1) is 0 Å². The van der Waals surface area contributed by atoms with Gasteiger partial charge in [0.05, 0.1) is 68.4 Å². The minimum absolute atomic E-state index is 0.0116. The Morgan fingerprint density at radius 2 is 1.00 bits per heavy atom. The zero-order valence-corrected chi connectivity index (χ0v) is 22.1. The lowest BCUT2D eigenvalue weighted by molar-refractivity contribution is 1.22. The maximum Gasteiger partial charge on any atom is 0.0809 e. The molecule has 2 aromatic carbocycles. The highest BCUT2D eigenvalue weighted by atomic mass is 35.5. The van der Waals surface area contributed by atoms with Gasteiger partial charge in [0, 0.05) is 22.9 Å². The molecule has 0 saturated carbocycles. The second kappa shape index (κ2) is 10.1. The molecule has 12 heteroatoms. The minimum Gasteiger partial charge on any atom is -0.255 e. The summed E-state index contributed by atoms with van der Waals surface area (Å²) in [6, 6.07) is 3.65. The molecule has 0 atom stereocenters. The van der Waals surface area contributed by atoms with E-state index >= 15 is 0 Å². The van der Waals surface area contributed by atoms with Crippen LogP contribution in [0.25, 0.3) is 22.4 Å². The first kappa shape index (κ1) is 25.6. The van der Waals surface area contributed by atoms with Crippen molar-refractivity contribution in [1.82, 2.24) is 4.98 Å². The van der Waals surface area contributed by atoms with E-state index in [4.69, 9.17) is 116 Å². The van der Waals surface area contributed by atoms with E-state index in [1.54, 1.807) is 6.07 Å². The molecule has 2 nitrogen and oxygen atoms in total. The predicted molar refractivity (Wildman–Crippen MR) is 135 cm³/mol. The fourth-order valence-electron chi connectivity index (χ4n) is 2.76. The highest BCUT2D eigenvalue weighted by Gasteiger charge is 2.25. The molecular formula is C19H4Cl10N2. The van der Waals surface area contributed by atoms with Crippen molar-refractivity contribution in [2.24, 2.45) is 0 Å². The Labute approximate surface area is 227 Å². The van der Waals surface area contributed by atoms with Crippen molar-refractivity contribution in [1.29, 1.82) is 5.26 Å². The van der Waals surface area contributed by atoms with E-state index < -0.39 is 0 Å². The topological polar surface area (TPSA) is 36.7 Å². The Hall–Kier alpha value is -0.0200. The van der Waals surface area contributed by atoms with Gasteiger partial charge in [0.1, 0.15) is 0 Å². The number of benzene rings is 2. The molecule has 31 heavy (non-hydrogen) atoms. The predicted octanol–water partition coefficient (Wildman–Crippen LogP) is 11.0. The van der Waals surface area contributed by atoms with Crippen LogP contribution in [0.4, 0.5) is 0 Å². The molecule has 0 aliphatic rings. The van der Waals surface area contributed by atoms with Crippen LogP contribution in [0.5, 0.6) is 0 Å². The summed E-state index contributed by atoms with van der Waals surface area (Å²) in [7, 11) is 0. The largest absolute Gasteiger partial charge is 0.255 e. The van der Waals surface area contributed by atoms with Crippen LogP contribution in [0.3, 0.4) is 0 Å². The van der Waals surface area contributed by atoms with Crippen LogP contribution in [0.1, 0.15) is 5.56 Å². The van der Waals surface area contributed by atoms with Crippen molar-refractivity contribution in [2.75, 3.05) is 0 Å². The van der Waals surface area contributed by atoms with Gasteiger partial charge in [0.15, 0.2) is 0 Å². The molecule has 1 heterocycles. The maximum atomic E-state index is 9.36. The monoisotopic (exact) mass is 610 g/mol. The lowest BCUT2D eigenvalue weighted by Gasteiger charge is -2.17. The van der Waals surface area contributed by atoms with Crippen molar-refractivity contribution in [2.45, 2.75) is 6.42 Å². The van der Waals surface area contributed by atoms with Crippen LogP contribution in [0.2, 0.25) is 50.2 Å². The van der Waals surface area contributed by atoms with Crippen molar-refractivity contribution >= 4 is 116 Å². The number of hydrogen-bond donors (Lipinski definition) is 0. The van der Waals surface area contributed by atoms with Crippen LogP contribution in [0.15, 0.2) is 12.3 Å². The van der Waals surface area contributed by atoms with Crippen molar-refractivity contribution < 1.29 is 0 Å². The molecule has 3 aromatic rings. The number of nitrogens with zero attached hydrogens (tertiary/aromatic N) is 2. The Morgan fingerprint density at radius 1 is 0.613 bits per heavy atom. The van der Waals surface area contributed by atoms with Crippen molar-refractivity contribution in [3.05, 3.63) is 68.1 Å². The Kier molecular flexibility index (Phi) is 8.32. The molecule has 160 valence electrons. The van der Waals surface area contributed by atoms with Crippen molar-refractivity contribution in [3.63, 3.8) is 0 Å². The normalized spacial score (nSPS) is 11.0. The second-order valence-electron chi connectivity index (χ2n) is 5.95. The third kappa shape index (κ3) is 4.53. The van der Waals surface area contributed by atoms with E-state index in [9.17, 15) is 5.26 Å². The molecule has 0 spiro atoms. The quantitative estimate of drug-likeness (QED) is 0.217. The Morgan fingerprint density at radius 3 is 1.42 bits per heavy atom. The van der Waals surface area contributed by atoms with Gasteiger partial charge in [-0.05, 0) is 11.6 Å². The standard InChI is InChI=1S/C19H4Cl10N2/c20-10-8(11(21)15(25)18(28)14(10)24)6-4-31-7(3-5(6)1-2-30)9-12(22)16(26)19(29)17(27)13(9)23/h3-4H,1H2. The third-order valence-electron chi connectivity index (χ3n) is 4.20. The third-order valence-corrected chi connectivity index (χ3v) is 8.76. The minimum atomic E-state index is -0.0420. The molecule has 0 fully saturated rings. The van der Waals surface area contributed by atoms with E-state index in [-0.39, 0.29) is 67.8 Å². The number of pyridine rings is 1. The number of hydrogen-bond acceptors (Lipinski definition) is 2. The molecule has 0 amide bonds. The van der Waals surface area contributed by atoms with Crippen LogP contribution in [0, 0.1) is 11.3 Å². The molecule has 0 radical (unpaired) electrons. The van der Waals surface area contributed by atoms with E-state index in [1.807, 2.05) is 0 Å². The van der Waals surface area contributed by atoms with E-state index in [0.29, 0.717) is 16.8 Å². The summed E-state index contributed by atoms with van der Waals surface area (Å²) in [5.41, 5.74) is 1.72. The van der Waals surface area contributed by atoms with E-state index in [0.717, 1.165) is 0 Å². The van der Waals surface area contributed by atoms with Crippen LogP contribution < -0.4 is 0 Å². The molecule has 0 unspecified atom stereocenters. The number of rotatable bonds is 3. The number of halogens is 10. The SMILES string of the molecule is N#CCc1cc(-c2c(Cl)c(Cl)c(Cl)c(Cl)c2Cl)ncc1-c1c(Cl)c(Cl)c(Cl)c(Cl)c1Cl. The lowest BCUT2D eigenvalue weighted by atomic mass is 9.97. The van der Waals surface area contributed by atoms with Gasteiger partial charge in [-0.25, -0.2) is 0 Å². The highest BCUT2D eigenvalue weighted by Crippen LogP contribution is 2.51. The van der Waals surface area contributed by atoms with Gasteiger partial charge in [-0.2, -0.15) is 5.26 Å². The zero-order chi connectivity index (χ0) is 23.2. The average molecular weight is 615 g/mol. The fourth-order valence-corrected chi connectivity index (χ4v) is 5.44. The van der Waals surface area contributed by atoms with Crippen LogP contribution in [-0.4, -0.2) is 4.98 Å². The number of nitriles is 1. The van der Waals surface area contributed by atoms with Crippen LogP contribution in [-0.2, 0) is 6.42 Å². The molecule has 0 bridgehead atoms. The Bertz CT molecular complexity index is 1220. The summed E-state index contributed by atoms with van der Waals surface area (Å²) < 4.78 is 0. The van der Waals surface area contributed by atoms with Gasteiger partial charge in [0.2, 0.25) is 0 Å². The molecule has 0 aliphatic heterocycles. The lowest BCUT2D eigenvalue weighted by Crippen LogP contribution is -1.97. The molecule has 0 saturated heterocycles. The summed E-state index contributed by atoms with van der Waals surface area (Å²) in [5, 5.41) is 9.67. The molecule has 0 N–H and O–H groups in total. The first-order valence-electron chi connectivity index (χ1n) is 7.92. The molecule has 3 rings (SSSR count). The Balaban J connectivity index is 2.34. The summed E-state index contributed by atoms with van der Waals surface area (Å²) in [6.45, 7) is 0. The first-order valence-corrected chi connectivity index (χ1v) is 11.7. The zero-order valence-electron chi connectivity index (χ0n) is 14.5. The molecule has 1 aromatic heterocycles. The molecular weight excluding hydrogens is 611 g/mol. The summed E-state index contributed by atoms with van der Waals surface area (Å²) in [5.74, 6) is 0. The second-order valence-corrected chi connectivity index (χ2v) is 9.73. The van der Waals surface area contributed by atoms with Gasteiger partial charge in [0.25, 0.3) is 0 Å². The van der Waals surface area contributed by atoms with Gasteiger partial charge >= 0.3 is 0 Å². The van der Waals surface area contributed by atoms with Gasteiger partial charge in [-0.1, -0.05) is 116 Å². The number of aromatic nitrogens is 1.